The van der Waals surface area contributed by atoms with E-state index in [2.05, 4.69) is 69.1 Å². The molecule has 0 aliphatic carbocycles. The molecule has 0 saturated heterocycles. The van der Waals surface area contributed by atoms with Gasteiger partial charge in [-0.25, -0.2) is 4.79 Å². The number of unbranched alkanes of at least 4 members (excludes halogenated alkanes) is 1. The van der Waals surface area contributed by atoms with Gasteiger partial charge >= 0.3 is 17.9 Å². The van der Waals surface area contributed by atoms with Crippen molar-refractivity contribution in [3.63, 3.8) is 0 Å². The summed E-state index contributed by atoms with van der Waals surface area (Å²) in [4.78, 5) is 220. The Morgan fingerprint density at radius 2 is 0.887 bits per heavy atom. The van der Waals surface area contributed by atoms with Gasteiger partial charge in [0.2, 0.25) is 82.7 Å². The maximum absolute atomic E-state index is 14.0. The molecule has 13 atom stereocenters. The molecule has 0 saturated carbocycles. The SMILES string of the molecule is CC[C@H](C)[C@H](NC(=O)[C@@H](NC(=O)[C@@H](C)NC(=O)CNC(=O)[C@H](CCCCN)NC(=O)[C@@H](CC(N)=O)NC(=O)[C@H](CO)NC(=O)CNC(=O)[C@H](NC(=O)[C@H](CC(=O)O)NC(=O)[C@H](N)CCC(=O)O)C(C)C)[C@@H](C)CC)C(=O)NCC(=O)N[C@@H](CC(C)C)C(=O)N[C@H](CCSC)C(=O)O. The summed E-state index contributed by atoms with van der Waals surface area (Å²) >= 11 is 1.39. The van der Waals surface area contributed by atoms with Crippen LogP contribution in [-0.2, 0) is 81.5 Å². The Morgan fingerprint density at radius 3 is 1.37 bits per heavy atom. The van der Waals surface area contributed by atoms with Gasteiger partial charge in [0.15, 0.2) is 0 Å². The Hall–Kier alpha value is -8.78. The predicted molar refractivity (Wildman–Crippen MR) is 349 cm³/mol. The number of rotatable bonds is 49. The molecule has 0 aromatic rings. The van der Waals surface area contributed by atoms with Crippen molar-refractivity contribution in [2.45, 2.75) is 199 Å². The Balaban J connectivity index is 6.06. The molecule has 0 aromatic heterocycles. The zero-order valence-electron chi connectivity index (χ0n) is 56.6. The lowest BCUT2D eigenvalue weighted by Crippen LogP contribution is -2.60. The minimum absolute atomic E-state index is 0.107. The number of carbonyl (C=O) groups is 17. The van der Waals surface area contributed by atoms with Gasteiger partial charge < -0.3 is 107 Å². The first-order valence-electron chi connectivity index (χ1n) is 31.7. The third-order valence-corrected chi connectivity index (χ3v) is 15.6. The van der Waals surface area contributed by atoms with Crippen LogP contribution in [0.2, 0.25) is 0 Å². The summed E-state index contributed by atoms with van der Waals surface area (Å²) in [5.74, 6) is -19.3. The van der Waals surface area contributed by atoms with E-state index in [-0.39, 0.29) is 44.6 Å². The summed E-state index contributed by atoms with van der Waals surface area (Å²) in [7, 11) is 0. The van der Waals surface area contributed by atoms with Crippen LogP contribution in [0.3, 0.4) is 0 Å². The van der Waals surface area contributed by atoms with Crippen molar-refractivity contribution in [2.75, 3.05) is 44.8 Å². The number of carboxylic acid groups (broad SMARTS) is 3. The van der Waals surface area contributed by atoms with E-state index in [0.717, 1.165) is 0 Å². The molecule has 38 heteroatoms. The Bertz CT molecular complexity index is 2730. The molecule has 37 nitrogen and oxygen atoms in total. The lowest BCUT2D eigenvalue weighted by Gasteiger charge is -2.29. The van der Waals surface area contributed by atoms with E-state index in [1.165, 1.54) is 32.5 Å². The average Bonchev–Trinajstić information content (AvgIpc) is 0.891. The van der Waals surface area contributed by atoms with Gasteiger partial charge in [-0.2, -0.15) is 11.8 Å². The first kappa shape index (κ1) is 88.2. The molecule has 0 aromatic carbocycles. The number of nitrogens with one attached hydrogen (secondary N) is 13. The quantitative estimate of drug-likeness (QED) is 0.0252. The first-order valence-corrected chi connectivity index (χ1v) is 33.1. The van der Waals surface area contributed by atoms with Gasteiger partial charge in [0, 0.05) is 6.42 Å². The molecule has 0 unspecified atom stereocenters. The summed E-state index contributed by atoms with van der Waals surface area (Å²) in [5.41, 5.74) is 16.7. The third kappa shape index (κ3) is 35.2. The standard InChI is InChI=1S/C59H102N16O21S/c1-11-30(7)47(57(93)65-25-42(79)67-36(21-28(3)4)52(88)70-35(59(95)96)18-20-97-10)75-58(94)48(31(8)12-2)74-49(85)32(9)66-41(78)24-63-51(87)34(15-13-14-19-60)69-53(89)37(22-40(62)77)72-55(91)39(27-76)68-43(80)26-64-56(92)46(29(5)6)73-54(90)38(23-45(83)84)71-50(86)33(61)16-17-44(81)82/h28-39,46-48,76H,11-27,60-61H2,1-10H3,(H2,62,77)(H,63,87)(H,64,92)(H,65,93)(H,66,78)(H,67,79)(H,68,80)(H,69,89)(H,70,88)(H,71,86)(H,72,91)(H,73,90)(H,74,85)(H,75,94)(H,81,82)(H,83,84)(H,95,96)/t30-,31-,32+,33+,34-,35+,36-,37+,38-,39-,46+,47-,48-/m0/s1. The summed E-state index contributed by atoms with van der Waals surface area (Å²) in [5, 5.41) is 68.7. The molecule has 14 amide bonds. The number of aliphatic carboxylic acids is 3. The lowest BCUT2D eigenvalue weighted by molar-refractivity contribution is -0.142. The first-order chi connectivity index (χ1) is 45.4. The van der Waals surface area contributed by atoms with E-state index < -0.39 is 230 Å². The van der Waals surface area contributed by atoms with E-state index in [1.807, 2.05) is 0 Å². The number of hydrogen-bond donors (Lipinski definition) is 20. The van der Waals surface area contributed by atoms with Crippen molar-refractivity contribution < 1.29 is 102 Å². The number of aliphatic hydroxyl groups is 1. The van der Waals surface area contributed by atoms with Gasteiger partial charge in [0.1, 0.15) is 60.4 Å². The second-order valence-corrected chi connectivity index (χ2v) is 24.9. The molecule has 23 N–H and O–H groups in total. The van der Waals surface area contributed by atoms with E-state index in [0.29, 0.717) is 25.0 Å². The van der Waals surface area contributed by atoms with Gasteiger partial charge in [0.25, 0.3) is 0 Å². The van der Waals surface area contributed by atoms with Crippen molar-refractivity contribution in [1.82, 2.24) is 69.1 Å². The number of nitrogens with two attached hydrogens (primary N) is 3. The molecule has 0 radical (unpaired) electrons. The molecular weight excluding hydrogens is 1300 g/mol. The topological polar surface area (TPSA) is 606 Å². The molecule has 550 valence electrons. The fraction of sp³-hybridized carbons (Fsp3) is 0.712. The minimum Gasteiger partial charge on any atom is -0.481 e. The number of hydrogen-bond acceptors (Lipinski definition) is 21. The monoisotopic (exact) mass is 1400 g/mol. The highest BCUT2D eigenvalue weighted by Crippen LogP contribution is 2.14. The van der Waals surface area contributed by atoms with Crippen LogP contribution in [0.25, 0.3) is 0 Å². The molecular formula is C59H102N16O21S. The highest BCUT2D eigenvalue weighted by atomic mass is 32.2. The van der Waals surface area contributed by atoms with Gasteiger partial charge in [-0.05, 0) is 87.7 Å². The molecule has 0 spiro atoms. The van der Waals surface area contributed by atoms with Crippen LogP contribution in [0.4, 0.5) is 0 Å². The van der Waals surface area contributed by atoms with Gasteiger partial charge in [-0.1, -0.05) is 68.2 Å². The fourth-order valence-corrected chi connectivity index (χ4v) is 9.33. The molecule has 97 heavy (non-hydrogen) atoms. The number of carbonyl (C=O) groups excluding carboxylic acids is 14. The molecule has 0 fully saturated rings. The lowest BCUT2D eigenvalue weighted by atomic mass is 9.94. The van der Waals surface area contributed by atoms with Crippen LogP contribution < -0.4 is 86.3 Å². The van der Waals surface area contributed by atoms with Crippen LogP contribution in [0, 0.1) is 23.7 Å². The number of carboxylic acids is 3. The van der Waals surface area contributed by atoms with Crippen LogP contribution in [0.15, 0.2) is 0 Å². The number of aliphatic hydroxyl groups excluding tert-OH is 1. The Labute approximate surface area is 566 Å². The fourth-order valence-electron chi connectivity index (χ4n) is 8.86. The second kappa shape index (κ2) is 46.4. The molecule has 0 bridgehead atoms. The normalized spacial score (nSPS) is 15.1. The van der Waals surface area contributed by atoms with Crippen LogP contribution in [-0.4, -0.2) is 232 Å². The molecule has 0 rings (SSSR count). The second-order valence-electron chi connectivity index (χ2n) is 23.9. The number of thioether (sulfide) groups is 1. The third-order valence-electron chi connectivity index (χ3n) is 14.9. The van der Waals surface area contributed by atoms with E-state index in [1.54, 1.807) is 47.8 Å². The van der Waals surface area contributed by atoms with Crippen LogP contribution >= 0.6 is 11.8 Å². The van der Waals surface area contributed by atoms with Crippen molar-refractivity contribution in [1.29, 1.82) is 0 Å². The highest BCUT2D eigenvalue weighted by Gasteiger charge is 2.37. The van der Waals surface area contributed by atoms with Crippen molar-refractivity contribution in [2.24, 2.45) is 40.9 Å². The van der Waals surface area contributed by atoms with E-state index in [4.69, 9.17) is 22.3 Å². The van der Waals surface area contributed by atoms with Crippen molar-refractivity contribution in [3.8, 4) is 0 Å². The van der Waals surface area contributed by atoms with Gasteiger partial charge in [-0.15, -0.1) is 0 Å². The predicted octanol–water partition coefficient (Wildman–Crippen LogP) is -6.50. The smallest absolute Gasteiger partial charge is 0.326 e. The molecule has 0 aliphatic rings. The molecule has 0 aliphatic heterocycles. The number of amides is 14. The van der Waals surface area contributed by atoms with Gasteiger partial charge in [-0.3, -0.25) is 76.7 Å². The largest absolute Gasteiger partial charge is 0.481 e. The Kier molecular flexibility index (Phi) is 42.2. The number of primary amides is 1. The van der Waals surface area contributed by atoms with Gasteiger partial charge in [0.05, 0.1) is 45.1 Å². The van der Waals surface area contributed by atoms with E-state index >= 15 is 0 Å². The minimum atomic E-state index is -1.87. The summed E-state index contributed by atoms with van der Waals surface area (Å²) < 4.78 is 0. The Morgan fingerprint density at radius 1 is 0.443 bits per heavy atom. The highest BCUT2D eigenvalue weighted by molar-refractivity contribution is 7.98. The maximum atomic E-state index is 14.0. The van der Waals surface area contributed by atoms with E-state index in [9.17, 15) is 96.8 Å². The average molecular weight is 1400 g/mol. The van der Waals surface area contributed by atoms with Crippen LogP contribution in [0.1, 0.15) is 133 Å². The summed E-state index contributed by atoms with van der Waals surface area (Å²) in [6, 6.07) is -16.1. The van der Waals surface area contributed by atoms with Crippen molar-refractivity contribution >= 4 is 112 Å². The molecule has 0 heterocycles. The maximum Gasteiger partial charge on any atom is 0.326 e. The summed E-state index contributed by atoms with van der Waals surface area (Å²) in [6.45, 7) is 11.3. The van der Waals surface area contributed by atoms with Crippen LogP contribution in [0.5, 0.6) is 0 Å². The van der Waals surface area contributed by atoms with Crippen molar-refractivity contribution in [3.05, 3.63) is 0 Å². The zero-order chi connectivity index (χ0) is 74.4. The zero-order valence-corrected chi connectivity index (χ0v) is 57.4. The summed E-state index contributed by atoms with van der Waals surface area (Å²) in [6.07, 6.45) is 0.449.